The van der Waals surface area contributed by atoms with Crippen molar-refractivity contribution < 1.29 is 4.79 Å². The van der Waals surface area contributed by atoms with Crippen LogP contribution in [0.4, 0.5) is 0 Å². The van der Waals surface area contributed by atoms with Crippen LogP contribution in [0, 0.1) is 0 Å². The molecular weight excluding hydrogens is 142 g/mol. The maximum atomic E-state index is 10.5. The summed E-state index contributed by atoms with van der Waals surface area (Å²) in [4.78, 5) is 12.3. The van der Waals surface area contributed by atoms with Crippen LogP contribution >= 0.6 is 0 Å². The van der Waals surface area contributed by atoms with Crippen LogP contribution in [0.2, 0.25) is 0 Å². The zero-order valence-corrected chi connectivity index (χ0v) is 6.62. The maximum absolute atomic E-state index is 10.5. The highest BCUT2D eigenvalue weighted by Crippen LogP contribution is 2.02. The summed E-state index contributed by atoms with van der Waals surface area (Å²) in [5, 5.41) is 3.23. The van der Waals surface area contributed by atoms with Crippen molar-refractivity contribution in [1.82, 2.24) is 10.2 Å². The fraction of sp³-hybridized carbons (Fsp3) is 0.857. The number of piperazine rings is 1. The zero-order valence-electron chi connectivity index (χ0n) is 6.62. The first kappa shape index (κ1) is 8.49. The van der Waals surface area contributed by atoms with E-state index in [0.717, 1.165) is 32.5 Å². The number of hydrogen-bond acceptors (Lipinski definition) is 3. The number of nitrogens with two attached hydrogens (primary N) is 1. The van der Waals surface area contributed by atoms with E-state index in [1.165, 1.54) is 0 Å². The third-order valence-electron chi connectivity index (χ3n) is 2.03. The summed E-state index contributed by atoms with van der Waals surface area (Å²) in [5.74, 6) is 0. The summed E-state index contributed by atoms with van der Waals surface area (Å²) in [6, 6.07) is 0.311. The van der Waals surface area contributed by atoms with Crippen LogP contribution in [0.3, 0.4) is 0 Å². The third kappa shape index (κ3) is 2.17. The molecule has 1 unspecified atom stereocenters. The lowest BCUT2D eigenvalue weighted by atomic mass is 10.1. The largest absolute Gasteiger partial charge is 0.340 e. The Balaban J connectivity index is 2.37. The molecule has 0 saturated carbocycles. The van der Waals surface area contributed by atoms with Gasteiger partial charge in [0.05, 0.1) is 0 Å². The van der Waals surface area contributed by atoms with E-state index >= 15 is 0 Å². The highest BCUT2D eigenvalue weighted by Gasteiger charge is 2.18. The minimum Gasteiger partial charge on any atom is -0.340 e. The quantitative estimate of drug-likeness (QED) is 0.504. The normalized spacial score (nSPS) is 25.2. The van der Waals surface area contributed by atoms with Gasteiger partial charge >= 0.3 is 0 Å². The zero-order chi connectivity index (χ0) is 8.10. The summed E-state index contributed by atoms with van der Waals surface area (Å²) < 4.78 is 0. The summed E-state index contributed by atoms with van der Waals surface area (Å²) >= 11 is 0. The lowest BCUT2D eigenvalue weighted by molar-refractivity contribution is -0.121. The van der Waals surface area contributed by atoms with Crippen LogP contribution in [-0.2, 0) is 4.79 Å². The first-order chi connectivity index (χ1) is 5.38. The first-order valence-electron chi connectivity index (χ1n) is 4.00. The van der Waals surface area contributed by atoms with Crippen LogP contribution in [0.25, 0.3) is 0 Å². The van der Waals surface area contributed by atoms with Crippen LogP contribution < -0.4 is 11.1 Å². The Hall–Kier alpha value is -0.610. The topological polar surface area (TPSA) is 58.4 Å². The summed E-state index contributed by atoms with van der Waals surface area (Å²) in [7, 11) is 0. The van der Waals surface area contributed by atoms with Crippen LogP contribution in [-0.4, -0.2) is 43.5 Å². The van der Waals surface area contributed by atoms with Gasteiger partial charge in [0.2, 0.25) is 6.41 Å². The average Bonchev–Trinajstić information content (AvgIpc) is 2.06. The van der Waals surface area contributed by atoms with Gasteiger partial charge in [-0.25, -0.2) is 0 Å². The second-order valence-electron chi connectivity index (χ2n) is 2.78. The molecular formula is C7H15N3O. The van der Waals surface area contributed by atoms with Crippen LogP contribution in [0.1, 0.15) is 6.42 Å². The van der Waals surface area contributed by atoms with E-state index in [-0.39, 0.29) is 0 Å². The van der Waals surface area contributed by atoms with E-state index in [0.29, 0.717) is 12.6 Å². The number of amides is 1. The molecule has 0 aromatic carbocycles. The van der Waals surface area contributed by atoms with Crippen molar-refractivity contribution in [3.05, 3.63) is 0 Å². The first-order valence-corrected chi connectivity index (χ1v) is 4.00. The van der Waals surface area contributed by atoms with Crippen molar-refractivity contribution >= 4 is 6.41 Å². The van der Waals surface area contributed by atoms with E-state index in [1.54, 1.807) is 0 Å². The molecule has 1 amide bonds. The Bertz CT molecular complexity index is 127. The lowest BCUT2D eigenvalue weighted by Crippen LogP contribution is -2.51. The van der Waals surface area contributed by atoms with Gasteiger partial charge < -0.3 is 16.0 Å². The van der Waals surface area contributed by atoms with E-state index in [4.69, 9.17) is 5.73 Å². The van der Waals surface area contributed by atoms with Crippen LogP contribution in [0.5, 0.6) is 0 Å². The van der Waals surface area contributed by atoms with Gasteiger partial charge in [0.1, 0.15) is 0 Å². The van der Waals surface area contributed by atoms with Crippen molar-refractivity contribution in [2.45, 2.75) is 12.5 Å². The van der Waals surface area contributed by atoms with Gasteiger partial charge in [-0.2, -0.15) is 0 Å². The number of carbonyl (C=O) groups excluding carboxylic acids is 1. The van der Waals surface area contributed by atoms with Gasteiger partial charge in [0, 0.05) is 25.7 Å². The van der Waals surface area contributed by atoms with E-state index in [9.17, 15) is 4.79 Å². The Kier molecular flexibility index (Phi) is 3.32. The van der Waals surface area contributed by atoms with E-state index < -0.39 is 0 Å². The predicted octanol–water partition coefficient (Wildman–Crippen LogP) is -1.23. The molecule has 0 aliphatic carbocycles. The van der Waals surface area contributed by atoms with Gasteiger partial charge in [-0.05, 0) is 13.0 Å². The molecule has 11 heavy (non-hydrogen) atoms. The number of rotatable bonds is 3. The fourth-order valence-electron chi connectivity index (χ4n) is 1.38. The van der Waals surface area contributed by atoms with Crippen LogP contribution in [0.15, 0.2) is 0 Å². The molecule has 0 aromatic rings. The Morgan fingerprint density at radius 1 is 1.73 bits per heavy atom. The van der Waals surface area contributed by atoms with Crippen molar-refractivity contribution in [2.75, 3.05) is 26.2 Å². The fourth-order valence-corrected chi connectivity index (χ4v) is 1.38. The van der Waals surface area contributed by atoms with Crippen molar-refractivity contribution in [3.8, 4) is 0 Å². The van der Waals surface area contributed by atoms with Gasteiger partial charge in [0.25, 0.3) is 0 Å². The monoisotopic (exact) mass is 157 g/mol. The molecule has 64 valence electrons. The highest BCUT2D eigenvalue weighted by molar-refractivity contribution is 5.48. The Morgan fingerprint density at radius 2 is 2.55 bits per heavy atom. The van der Waals surface area contributed by atoms with Gasteiger partial charge in [-0.15, -0.1) is 0 Å². The smallest absolute Gasteiger partial charge is 0.210 e. The molecule has 1 aliphatic heterocycles. The van der Waals surface area contributed by atoms with Gasteiger partial charge in [0.15, 0.2) is 0 Å². The maximum Gasteiger partial charge on any atom is 0.210 e. The molecule has 1 heterocycles. The Labute approximate surface area is 66.7 Å². The summed E-state index contributed by atoms with van der Waals surface area (Å²) in [6.07, 6.45) is 1.81. The minimum atomic E-state index is 0.311. The lowest BCUT2D eigenvalue weighted by Gasteiger charge is -2.32. The number of hydrogen-bond donors (Lipinski definition) is 2. The molecule has 1 saturated heterocycles. The number of nitrogens with one attached hydrogen (secondary N) is 1. The molecule has 0 aromatic heterocycles. The second kappa shape index (κ2) is 4.31. The molecule has 0 spiro atoms. The molecule has 1 fully saturated rings. The van der Waals surface area contributed by atoms with E-state index in [1.807, 2.05) is 4.90 Å². The molecule has 3 N–H and O–H groups in total. The highest BCUT2D eigenvalue weighted by atomic mass is 16.1. The Morgan fingerprint density at radius 3 is 3.18 bits per heavy atom. The standard InChI is InChI=1S/C7H15N3O/c8-2-1-7-5-9-3-4-10(7)6-11/h6-7,9H,1-5,8H2. The van der Waals surface area contributed by atoms with Crippen molar-refractivity contribution in [3.63, 3.8) is 0 Å². The second-order valence-corrected chi connectivity index (χ2v) is 2.78. The molecule has 1 aliphatic rings. The minimum absolute atomic E-state index is 0.311. The molecule has 0 bridgehead atoms. The predicted molar refractivity (Wildman–Crippen MR) is 43.1 cm³/mol. The third-order valence-corrected chi connectivity index (χ3v) is 2.03. The van der Waals surface area contributed by atoms with Gasteiger partial charge in [-0.3, -0.25) is 4.79 Å². The van der Waals surface area contributed by atoms with Gasteiger partial charge in [-0.1, -0.05) is 0 Å². The molecule has 4 heteroatoms. The molecule has 1 rings (SSSR count). The number of nitrogens with zero attached hydrogens (tertiary/aromatic N) is 1. The molecule has 4 nitrogen and oxygen atoms in total. The van der Waals surface area contributed by atoms with Crippen molar-refractivity contribution in [1.29, 1.82) is 0 Å². The number of carbonyl (C=O) groups is 1. The summed E-state index contributed by atoms with van der Waals surface area (Å²) in [5.41, 5.74) is 5.41. The SMILES string of the molecule is NCCC1CNCCN1C=O. The van der Waals surface area contributed by atoms with E-state index in [2.05, 4.69) is 5.32 Å². The molecule has 1 atom stereocenters. The van der Waals surface area contributed by atoms with Crippen molar-refractivity contribution in [2.24, 2.45) is 5.73 Å². The average molecular weight is 157 g/mol. The summed E-state index contributed by atoms with van der Waals surface area (Å²) in [6.45, 7) is 3.25. The molecule has 0 radical (unpaired) electrons.